The molecule has 2 aromatic carbocycles. The molecule has 9 heteroatoms. The van der Waals surface area contributed by atoms with E-state index < -0.39 is 0 Å². The number of rotatable bonds is 7. The van der Waals surface area contributed by atoms with Crippen molar-refractivity contribution >= 4 is 11.6 Å². The zero-order chi connectivity index (χ0) is 21.0. The molecule has 0 aliphatic heterocycles. The van der Waals surface area contributed by atoms with Gasteiger partial charge in [0.2, 0.25) is 11.7 Å². The third kappa shape index (κ3) is 3.93. The van der Waals surface area contributed by atoms with Crippen LogP contribution in [0.25, 0.3) is 16.9 Å². The Balaban J connectivity index is 2.12. The lowest BCUT2D eigenvalue weighted by Crippen LogP contribution is -2.07. The van der Waals surface area contributed by atoms with Gasteiger partial charge in [0.15, 0.2) is 11.5 Å². The van der Waals surface area contributed by atoms with Gasteiger partial charge < -0.3 is 24.3 Å². The Hall–Kier alpha value is -3.75. The molecule has 0 bridgehead atoms. The van der Waals surface area contributed by atoms with Crippen LogP contribution in [0.1, 0.15) is 6.92 Å². The number of nitrogens with one attached hydrogen (secondary N) is 1. The van der Waals surface area contributed by atoms with E-state index in [4.69, 9.17) is 18.9 Å². The topological polar surface area (TPSA) is 96.7 Å². The molecule has 3 rings (SSSR count). The Morgan fingerprint density at radius 1 is 0.931 bits per heavy atom. The predicted molar refractivity (Wildman–Crippen MR) is 107 cm³/mol. The van der Waals surface area contributed by atoms with Crippen LogP contribution in [0.4, 0.5) is 5.69 Å². The lowest BCUT2D eigenvalue weighted by molar-refractivity contribution is -0.114. The summed E-state index contributed by atoms with van der Waals surface area (Å²) in [5.41, 5.74) is 2.71. The molecule has 152 valence electrons. The zero-order valence-electron chi connectivity index (χ0n) is 16.8. The van der Waals surface area contributed by atoms with Crippen LogP contribution in [0.5, 0.6) is 23.0 Å². The highest BCUT2D eigenvalue weighted by atomic mass is 16.5. The fourth-order valence-corrected chi connectivity index (χ4v) is 2.97. The number of ether oxygens (including phenoxy) is 4. The first kappa shape index (κ1) is 20.0. The van der Waals surface area contributed by atoms with E-state index in [0.717, 1.165) is 5.56 Å². The summed E-state index contributed by atoms with van der Waals surface area (Å²) in [5, 5.41) is 11.0. The molecule has 9 nitrogen and oxygen atoms in total. The molecule has 0 saturated carbocycles. The first-order chi connectivity index (χ1) is 14.0. The number of carbonyl (C=O) groups is 1. The molecule has 1 aromatic heterocycles. The highest BCUT2D eigenvalue weighted by Gasteiger charge is 2.18. The number of aromatic nitrogens is 3. The maximum atomic E-state index is 11.5. The lowest BCUT2D eigenvalue weighted by Gasteiger charge is -2.15. The molecule has 29 heavy (non-hydrogen) atoms. The molecule has 0 saturated heterocycles. The monoisotopic (exact) mass is 398 g/mol. The van der Waals surface area contributed by atoms with Crippen LogP contribution in [0.3, 0.4) is 0 Å². The van der Waals surface area contributed by atoms with Gasteiger partial charge in [-0.2, -0.15) is 0 Å². The van der Waals surface area contributed by atoms with Crippen molar-refractivity contribution in [1.82, 2.24) is 15.0 Å². The molecule has 3 aromatic rings. The predicted octanol–water partition coefficient (Wildman–Crippen LogP) is 2.93. The van der Waals surface area contributed by atoms with E-state index >= 15 is 0 Å². The van der Waals surface area contributed by atoms with Gasteiger partial charge in [-0.3, -0.25) is 4.79 Å². The van der Waals surface area contributed by atoms with Crippen LogP contribution in [0.15, 0.2) is 36.5 Å². The van der Waals surface area contributed by atoms with Crippen molar-refractivity contribution in [3.63, 3.8) is 0 Å². The van der Waals surface area contributed by atoms with E-state index in [1.54, 1.807) is 63.6 Å². The Kier molecular flexibility index (Phi) is 5.87. The van der Waals surface area contributed by atoms with Gasteiger partial charge in [0.1, 0.15) is 5.75 Å². The second-order valence-corrected chi connectivity index (χ2v) is 6.01. The second kappa shape index (κ2) is 8.51. The van der Waals surface area contributed by atoms with Gasteiger partial charge in [0, 0.05) is 24.6 Å². The van der Waals surface area contributed by atoms with Crippen molar-refractivity contribution < 1.29 is 23.7 Å². The number of benzene rings is 2. The van der Waals surface area contributed by atoms with Gasteiger partial charge >= 0.3 is 0 Å². The van der Waals surface area contributed by atoms with Crippen molar-refractivity contribution in [2.75, 3.05) is 33.8 Å². The van der Waals surface area contributed by atoms with Gasteiger partial charge in [-0.1, -0.05) is 5.21 Å². The maximum absolute atomic E-state index is 11.5. The fourth-order valence-electron chi connectivity index (χ4n) is 2.97. The van der Waals surface area contributed by atoms with Gasteiger partial charge in [0.25, 0.3) is 0 Å². The van der Waals surface area contributed by atoms with Crippen molar-refractivity contribution in [2.24, 2.45) is 0 Å². The molecule has 0 unspecified atom stereocenters. The molecule has 0 fully saturated rings. The number of anilines is 1. The smallest absolute Gasteiger partial charge is 0.221 e. The molecular weight excluding hydrogens is 376 g/mol. The third-order valence-corrected chi connectivity index (χ3v) is 4.25. The number of hydrogen-bond acceptors (Lipinski definition) is 7. The molecule has 0 radical (unpaired) electrons. The minimum absolute atomic E-state index is 0.197. The Labute approximate surface area is 168 Å². The van der Waals surface area contributed by atoms with Crippen LogP contribution in [0.2, 0.25) is 0 Å². The minimum Gasteiger partial charge on any atom is -0.495 e. The van der Waals surface area contributed by atoms with Crippen LogP contribution < -0.4 is 24.3 Å². The van der Waals surface area contributed by atoms with Crippen LogP contribution in [0, 0.1) is 0 Å². The molecule has 0 aliphatic rings. The summed E-state index contributed by atoms with van der Waals surface area (Å²) >= 11 is 0. The highest BCUT2D eigenvalue weighted by Crippen LogP contribution is 2.40. The Bertz CT molecular complexity index is 1010. The SMILES string of the molecule is COc1ccc(-c2cnnn2-c2cc(OC)c(OC)c(OC)c2)cc1NC(C)=O. The highest BCUT2D eigenvalue weighted by molar-refractivity contribution is 5.91. The van der Waals surface area contributed by atoms with Crippen LogP contribution in [-0.4, -0.2) is 49.3 Å². The van der Waals surface area contributed by atoms with Crippen LogP contribution >= 0.6 is 0 Å². The summed E-state index contributed by atoms with van der Waals surface area (Å²) in [4.78, 5) is 11.5. The molecular formula is C20H22N4O5. The van der Waals surface area contributed by atoms with E-state index in [2.05, 4.69) is 15.6 Å². The van der Waals surface area contributed by atoms with E-state index in [0.29, 0.717) is 40.1 Å². The number of hydrogen-bond donors (Lipinski definition) is 1. The average Bonchev–Trinajstić information content (AvgIpc) is 3.22. The molecule has 1 heterocycles. The van der Waals surface area contributed by atoms with E-state index in [1.807, 2.05) is 6.07 Å². The average molecular weight is 398 g/mol. The Morgan fingerprint density at radius 3 is 2.14 bits per heavy atom. The largest absolute Gasteiger partial charge is 0.495 e. The van der Waals surface area contributed by atoms with E-state index in [9.17, 15) is 4.79 Å². The van der Waals surface area contributed by atoms with Gasteiger partial charge in [-0.15, -0.1) is 5.10 Å². The zero-order valence-corrected chi connectivity index (χ0v) is 16.8. The summed E-state index contributed by atoms with van der Waals surface area (Å²) in [7, 11) is 6.18. The number of carbonyl (C=O) groups excluding carboxylic acids is 1. The van der Waals surface area contributed by atoms with Crippen molar-refractivity contribution in [2.45, 2.75) is 6.92 Å². The second-order valence-electron chi connectivity index (χ2n) is 6.01. The summed E-state index contributed by atoms with van der Waals surface area (Å²) in [6.07, 6.45) is 1.63. The fraction of sp³-hybridized carbons (Fsp3) is 0.250. The quantitative estimate of drug-likeness (QED) is 0.653. The van der Waals surface area contributed by atoms with Crippen molar-refractivity contribution in [3.8, 4) is 39.9 Å². The van der Waals surface area contributed by atoms with Crippen molar-refractivity contribution in [1.29, 1.82) is 0 Å². The maximum Gasteiger partial charge on any atom is 0.221 e. The molecule has 0 atom stereocenters. The molecule has 0 aliphatic carbocycles. The summed E-state index contributed by atoms with van der Waals surface area (Å²) in [6, 6.07) is 8.98. The number of nitrogens with zero attached hydrogens (tertiary/aromatic N) is 3. The number of methoxy groups -OCH3 is 4. The summed E-state index contributed by atoms with van der Waals surface area (Å²) < 4.78 is 23.2. The van der Waals surface area contributed by atoms with E-state index in [-0.39, 0.29) is 5.91 Å². The number of amides is 1. The molecule has 1 amide bonds. The van der Waals surface area contributed by atoms with Crippen molar-refractivity contribution in [3.05, 3.63) is 36.5 Å². The standard InChI is InChI=1S/C20H22N4O5/c1-12(25)22-15-8-13(6-7-17(15)26-2)16-11-21-23-24(16)14-9-18(27-3)20(29-5)19(10-14)28-4/h6-11H,1-5H3,(H,22,25). The van der Waals surface area contributed by atoms with Gasteiger partial charge in [-0.25, -0.2) is 4.68 Å². The third-order valence-electron chi connectivity index (χ3n) is 4.25. The molecule has 0 spiro atoms. The first-order valence-electron chi connectivity index (χ1n) is 8.69. The first-order valence-corrected chi connectivity index (χ1v) is 8.69. The summed E-state index contributed by atoms with van der Waals surface area (Å²) in [6.45, 7) is 1.44. The van der Waals surface area contributed by atoms with E-state index in [1.165, 1.54) is 6.92 Å². The van der Waals surface area contributed by atoms with Crippen LogP contribution in [-0.2, 0) is 4.79 Å². The summed E-state index contributed by atoms with van der Waals surface area (Å²) in [5.74, 6) is 1.83. The normalized spacial score (nSPS) is 10.4. The Morgan fingerprint density at radius 2 is 1.59 bits per heavy atom. The minimum atomic E-state index is -0.197. The molecule has 1 N–H and O–H groups in total. The van der Waals surface area contributed by atoms with Gasteiger partial charge in [0.05, 0.1) is 51.7 Å². The lowest BCUT2D eigenvalue weighted by atomic mass is 10.1. The van der Waals surface area contributed by atoms with Gasteiger partial charge in [-0.05, 0) is 18.2 Å².